The largest absolute Gasteiger partial charge is 0.456 e. The maximum Gasteiger partial charge on any atom is 0.289 e. The van der Waals surface area contributed by atoms with Crippen molar-refractivity contribution in [3.05, 3.63) is 64.3 Å². The number of hydrogen-bond donors (Lipinski definition) is 0. The van der Waals surface area contributed by atoms with E-state index in [2.05, 4.69) is 15.1 Å². The molecule has 8 heteroatoms. The quantitative estimate of drug-likeness (QED) is 0.701. The number of piperidine rings is 1. The van der Waals surface area contributed by atoms with Gasteiger partial charge in [-0.2, -0.15) is 4.98 Å². The lowest BCUT2D eigenvalue weighted by molar-refractivity contribution is 0.0659. The molecule has 0 radical (unpaired) electrons. The highest BCUT2D eigenvalue weighted by atomic mass is 16.5. The summed E-state index contributed by atoms with van der Waals surface area (Å²) in [6.07, 6.45) is 5.00. The topological polar surface area (TPSA) is 102 Å². The fourth-order valence-electron chi connectivity index (χ4n) is 3.24. The molecule has 4 rings (SSSR count). The molecule has 3 aromatic heterocycles. The zero-order valence-corrected chi connectivity index (χ0v) is 14.8. The Morgan fingerprint density at radius 1 is 1.33 bits per heavy atom. The van der Waals surface area contributed by atoms with E-state index in [-0.39, 0.29) is 23.0 Å². The number of pyridine rings is 1. The van der Waals surface area contributed by atoms with Crippen LogP contribution in [0.2, 0.25) is 0 Å². The molecule has 1 atom stereocenters. The molecule has 1 unspecified atom stereocenters. The van der Waals surface area contributed by atoms with Crippen LogP contribution in [0, 0.1) is 6.92 Å². The summed E-state index contributed by atoms with van der Waals surface area (Å²) in [6.45, 7) is 2.68. The van der Waals surface area contributed by atoms with Crippen LogP contribution in [-0.4, -0.2) is 39.0 Å². The zero-order valence-electron chi connectivity index (χ0n) is 14.8. The SMILES string of the molecule is Cc1cc(=O)cc(C(=O)N2CCCC(c3nc(-c4cccnc4)no3)C2)o1. The molecule has 1 aliphatic rings. The van der Waals surface area contributed by atoms with Crippen molar-refractivity contribution in [2.75, 3.05) is 13.1 Å². The minimum atomic E-state index is -0.299. The number of aromatic nitrogens is 3. The van der Waals surface area contributed by atoms with E-state index in [0.29, 0.717) is 30.6 Å². The summed E-state index contributed by atoms with van der Waals surface area (Å²) in [5.74, 6) is 1.09. The van der Waals surface area contributed by atoms with Gasteiger partial charge < -0.3 is 13.8 Å². The van der Waals surface area contributed by atoms with Gasteiger partial charge in [0.25, 0.3) is 5.91 Å². The van der Waals surface area contributed by atoms with Crippen molar-refractivity contribution in [2.24, 2.45) is 0 Å². The van der Waals surface area contributed by atoms with Crippen LogP contribution in [0.15, 0.2) is 50.4 Å². The summed E-state index contributed by atoms with van der Waals surface area (Å²) >= 11 is 0. The van der Waals surface area contributed by atoms with Crippen LogP contribution in [0.1, 0.15) is 41.0 Å². The minimum absolute atomic E-state index is 0.0576. The molecule has 0 spiro atoms. The number of aryl methyl sites for hydroxylation is 1. The summed E-state index contributed by atoms with van der Waals surface area (Å²) in [7, 11) is 0. The molecule has 4 heterocycles. The molecule has 1 saturated heterocycles. The fourth-order valence-corrected chi connectivity index (χ4v) is 3.24. The summed E-state index contributed by atoms with van der Waals surface area (Å²) in [6, 6.07) is 6.25. The van der Waals surface area contributed by atoms with Crippen molar-refractivity contribution in [2.45, 2.75) is 25.7 Å². The number of carbonyl (C=O) groups is 1. The second-order valence-corrected chi connectivity index (χ2v) is 6.56. The predicted octanol–water partition coefficient (Wildman–Crippen LogP) is 2.41. The highest BCUT2D eigenvalue weighted by Gasteiger charge is 2.30. The fraction of sp³-hybridized carbons (Fsp3) is 0.316. The van der Waals surface area contributed by atoms with Crippen molar-refractivity contribution in [1.29, 1.82) is 0 Å². The summed E-state index contributed by atoms with van der Waals surface area (Å²) in [5.41, 5.74) is 0.534. The monoisotopic (exact) mass is 366 g/mol. The molecular weight excluding hydrogens is 348 g/mol. The van der Waals surface area contributed by atoms with E-state index in [0.717, 1.165) is 18.4 Å². The lowest BCUT2D eigenvalue weighted by Crippen LogP contribution is -2.39. The van der Waals surface area contributed by atoms with Gasteiger partial charge in [-0.15, -0.1) is 0 Å². The Hall–Kier alpha value is -3.29. The maximum absolute atomic E-state index is 12.7. The van der Waals surface area contributed by atoms with E-state index in [9.17, 15) is 9.59 Å². The van der Waals surface area contributed by atoms with E-state index >= 15 is 0 Å². The van der Waals surface area contributed by atoms with E-state index in [4.69, 9.17) is 8.94 Å². The predicted molar refractivity (Wildman–Crippen MR) is 95.1 cm³/mol. The van der Waals surface area contributed by atoms with Crippen LogP contribution in [0.4, 0.5) is 0 Å². The average Bonchev–Trinajstić information content (AvgIpc) is 3.18. The number of nitrogens with zero attached hydrogens (tertiary/aromatic N) is 4. The first-order chi connectivity index (χ1) is 13.1. The summed E-state index contributed by atoms with van der Waals surface area (Å²) in [4.78, 5) is 34.6. The third kappa shape index (κ3) is 3.64. The number of hydrogen-bond acceptors (Lipinski definition) is 7. The van der Waals surface area contributed by atoms with Crippen molar-refractivity contribution in [3.8, 4) is 11.4 Å². The van der Waals surface area contributed by atoms with Gasteiger partial charge in [-0.25, -0.2) is 0 Å². The normalized spacial score (nSPS) is 17.1. The molecule has 1 fully saturated rings. The van der Waals surface area contributed by atoms with Gasteiger partial charge in [-0.05, 0) is 31.9 Å². The van der Waals surface area contributed by atoms with Crippen molar-refractivity contribution >= 4 is 5.91 Å². The molecule has 27 heavy (non-hydrogen) atoms. The van der Waals surface area contributed by atoms with Gasteiger partial charge >= 0.3 is 0 Å². The van der Waals surface area contributed by atoms with Crippen LogP contribution in [0.25, 0.3) is 11.4 Å². The number of carbonyl (C=O) groups excluding carboxylic acids is 1. The van der Waals surface area contributed by atoms with Gasteiger partial charge in [-0.1, -0.05) is 5.16 Å². The minimum Gasteiger partial charge on any atom is -0.456 e. The number of amides is 1. The number of rotatable bonds is 3. The molecule has 1 amide bonds. The Balaban J connectivity index is 1.52. The van der Waals surface area contributed by atoms with E-state index in [1.807, 2.05) is 12.1 Å². The standard InChI is InChI=1S/C19H18N4O4/c1-12-8-15(24)9-16(26-12)19(25)23-7-3-5-14(11-23)18-21-17(22-27-18)13-4-2-6-20-10-13/h2,4,6,8-10,14H,3,5,7,11H2,1H3. The first-order valence-corrected chi connectivity index (χ1v) is 8.75. The van der Waals surface area contributed by atoms with Crippen LogP contribution in [0.5, 0.6) is 0 Å². The first kappa shape index (κ1) is 17.1. The van der Waals surface area contributed by atoms with Crippen molar-refractivity contribution in [3.63, 3.8) is 0 Å². The molecule has 8 nitrogen and oxygen atoms in total. The lowest BCUT2D eigenvalue weighted by Gasteiger charge is -2.30. The molecule has 1 aliphatic heterocycles. The maximum atomic E-state index is 12.7. The highest BCUT2D eigenvalue weighted by molar-refractivity contribution is 5.91. The van der Waals surface area contributed by atoms with Crippen LogP contribution in [0.3, 0.4) is 0 Å². The van der Waals surface area contributed by atoms with Gasteiger partial charge in [0, 0.05) is 43.2 Å². The van der Waals surface area contributed by atoms with Gasteiger partial charge in [0.1, 0.15) is 5.76 Å². The Morgan fingerprint density at radius 3 is 3.00 bits per heavy atom. The smallest absolute Gasteiger partial charge is 0.289 e. The Morgan fingerprint density at radius 2 is 2.22 bits per heavy atom. The summed E-state index contributed by atoms with van der Waals surface area (Å²) < 4.78 is 10.9. The van der Waals surface area contributed by atoms with Crippen LogP contribution in [-0.2, 0) is 0 Å². The van der Waals surface area contributed by atoms with E-state index in [1.165, 1.54) is 12.1 Å². The van der Waals surface area contributed by atoms with Crippen molar-refractivity contribution in [1.82, 2.24) is 20.0 Å². The second-order valence-electron chi connectivity index (χ2n) is 6.56. The third-order valence-electron chi connectivity index (χ3n) is 4.52. The van der Waals surface area contributed by atoms with Gasteiger partial charge in [-0.3, -0.25) is 14.6 Å². The van der Waals surface area contributed by atoms with Crippen LogP contribution >= 0.6 is 0 Å². The van der Waals surface area contributed by atoms with Gasteiger partial charge in [0.15, 0.2) is 11.2 Å². The first-order valence-electron chi connectivity index (χ1n) is 8.75. The summed E-state index contributed by atoms with van der Waals surface area (Å²) in [5, 5.41) is 4.02. The van der Waals surface area contributed by atoms with E-state index < -0.39 is 0 Å². The molecular formula is C19H18N4O4. The second kappa shape index (κ2) is 7.14. The zero-order chi connectivity index (χ0) is 18.8. The van der Waals surface area contributed by atoms with E-state index in [1.54, 1.807) is 24.2 Å². The average molecular weight is 366 g/mol. The molecule has 3 aromatic rings. The molecule has 0 aliphatic carbocycles. The number of likely N-dealkylation sites (tertiary alicyclic amines) is 1. The molecule has 0 bridgehead atoms. The van der Waals surface area contributed by atoms with Gasteiger partial charge in [0.05, 0.1) is 5.92 Å². The molecule has 0 aromatic carbocycles. The van der Waals surface area contributed by atoms with Gasteiger partial charge in [0.2, 0.25) is 11.7 Å². The molecule has 0 saturated carbocycles. The lowest BCUT2D eigenvalue weighted by atomic mass is 9.97. The highest BCUT2D eigenvalue weighted by Crippen LogP contribution is 2.28. The third-order valence-corrected chi connectivity index (χ3v) is 4.52. The Labute approximate surface area is 154 Å². The molecule has 138 valence electrons. The van der Waals surface area contributed by atoms with Crippen LogP contribution < -0.4 is 5.43 Å². The molecule has 0 N–H and O–H groups in total. The van der Waals surface area contributed by atoms with Crippen molar-refractivity contribution < 1.29 is 13.7 Å². The Bertz CT molecular complexity index is 1010. The Kier molecular flexibility index (Phi) is 4.53.